The van der Waals surface area contributed by atoms with Crippen LogP contribution in [0.5, 0.6) is 0 Å². The molecule has 0 fully saturated rings. The third-order valence-electron chi connectivity index (χ3n) is 0. The van der Waals surface area contributed by atoms with Crippen molar-refractivity contribution in [1.29, 1.82) is 0 Å². The van der Waals surface area contributed by atoms with Crippen LogP contribution in [0.2, 0.25) is 0 Å². The Kier molecular flexibility index (Phi) is 181. The molecule has 24 valence electrons. The molecule has 0 aliphatic carbocycles. The minimum atomic E-state index is 0. The monoisotopic (exact) mass is 112 g/mol. The molecule has 0 atom stereocenters. The van der Waals surface area contributed by atoms with E-state index in [1.165, 1.54) is 0 Å². The second-order valence-corrected chi connectivity index (χ2v) is 0. The molecule has 0 saturated carbocycles. The Hall–Kier alpha value is 2.27. The third kappa shape index (κ3) is 22.2. The Morgan fingerprint density at radius 2 is 1.40 bits per heavy atom. The maximum atomic E-state index is 8.00. The van der Waals surface area contributed by atoms with Crippen LogP contribution < -0.4 is 80.9 Å². The molecule has 2 nitrogen and oxygen atoms in total. The van der Waals surface area contributed by atoms with Crippen LogP contribution in [0.25, 0.3) is 0 Å². The Morgan fingerprint density at radius 3 is 1.40 bits per heavy atom. The second kappa shape index (κ2) is 33.8. The zero-order chi connectivity index (χ0) is 2.00. The van der Waals surface area contributed by atoms with Gasteiger partial charge in [-0.1, -0.05) is 0 Å². The van der Waals surface area contributed by atoms with E-state index in [0.29, 0.717) is 0 Å². The van der Waals surface area contributed by atoms with Crippen molar-refractivity contribution in [2.45, 2.75) is 0 Å². The summed E-state index contributed by atoms with van der Waals surface area (Å²) in [5, 5.41) is 0. The molecule has 0 heterocycles. The standard InChI is InChI=1S/CH2O.K.Na.H2O.2H/c1-2;;;;;/h1H2;;;1H2;;/q;2*+1;;2*-1. The Labute approximate surface area is 98.7 Å². The summed E-state index contributed by atoms with van der Waals surface area (Å²) < 4.78 is 0. The van der Waals surface area contributed by atoms with Gasteiger partial charge in [-0.3, -0.25) is 0 Å². The molecule has 0 aliphatic heterocycles. The fourth-order valence-electron chi connectivity index (χ4n) is 0. The molecule has 0 aliphatic rings. The predicted octanol–water partition coefficient (Wildman–Crippen LogP) is -6.78. The summed E-state index contributed by atoms with van der Waals surface area (Å²) in [6, 6.07) is 0. The second-order valence-electron chi connectivity index (χ2n) is 0. The predicted molar refractivity (Wildman–Crippen MR) is 13.0 cm³/mol. The van der Waals surface area contributed by atoms with Gasteiger partial charge >= 0.3 is 80.9 Å². The van der Waals surface area contributed by atoms with E-state index >= 15 is 0 Å². The zero-order valence-corrected chi connectivity index (χ0v) is 8.74. The van der Waals surface area contributed by atoms with Crippen LogP contribution in [0, 0.1) is 0 Å². The molecule has 0 amide bonds. The van der Waals surface area contributed by atoms with Crippen LogP contribution >= 0.6 is 0 Å². The molecule has 0 bridgehead atoms. The number of rotatable bonds is 0. The largest absolute Gasteiger partial charge is 1.00 e. The summed E-state index contributed by atoms with van der Waals surface area (Å²) >= 11 is 0. The normalized spacial score (nSPS) is 0.800. The van der Waals surface area contributed by atoms with Gasteiger partial charge in [-0.15, -0.1) is 0 Å². The van der Waals surface area contributed by atoms with Crippen LogP contribution in [0.1, 0.15) is 2.85 Å². The fourth-order valence-corrected chi connectivity index (χ4v) is 0. The van der Waals surface area contributed by atoms with Crippen LogP contribution in [-0.4, -0.2) is 12.3 Å². The Balaban J connectivity index is -0.000000000500. The van der Waals surface area contributed by atoms with Gasteiger partial charge in [-0.2, -0.15) is 0 Å². The molecule has 0 aromatic carbocycles. The summed E-state index contributed by atoms with van der Waals surface area (Å²) in [5.41, 5.74) is 0. The maximum absolute atomic E-state index is 8.00. The van der Waals surface area contributed by atoms with E-state index in [4.69, 9.17) is 4.79 Å². The van der Waals surface area contributed by atoms with E-state index in [1.807, 2.05) is 6.79 Å². The topological polar surface area (TPSA) is 48.6 Å². The van der Waals surface area contributed by atoms with Crippen LogP contribution in [0.15, 0.2) is 0 Å². The number of hydrogen-bond acceptors (Lipinski definition) is 1. The van der Waals surface area contributed by atoms with Gasteiger partial charge in [0.1, 0.15) is 6.79 Å². The van der Waals surface area contributed by atoms with Crippen molar-refractivity contribution in [2.24, 2.45) is 0 Å². The van der Waals surface area contributed by atoms with Crippen molar-refractivity contribution < 1.29 is 94.1 Å². The molecular weight excluding hydrogens is 106 g/mol. The van der Waals surface area contributed by atoms with Gasteiger partial charge in [0.2, 0.25) is 0 Å². The summed E-state index contributed by atoms with van der Waals surface area (Å²) in [7, 11) is 0. The van der Waals surface area contributed by atoms with Crippen molar-refractivity contribution >= 4 is 6.79 Å². The minimum absolute atomic E-state index is 0. The first kappa shape index (κ1) is 26.7. The molecule has 0 aromatic rings. The van der Waals surface area contributed by atoms with Crippen molar-refractivity contribution in [3.8, 4) is 0 Å². The summed E-state index contributed by atoms with van der Waals surface area (Å²) in [6.07, 6.45) is 0. The van der Waals surface area contributed by atoms with E-state index in [2.05, 4.69) is 0 Å². The summed E-state index contributed by atoms with van der Waals surface area (Å²) in [6.45, 7) is 2.00. The van der Waals surface area contributed by atoms with Crippen molar-refractivity contribution in [1.82, 2.24) is 0 Å². The van der Waals surface area contributed by atoms with E-state index in [1.54, 1.807) is 0 Å². The zero-order valence-electron chi connectivity index (χ0n) is 5.62. The fraction of sp³-hybridized carbons (Fsp3) is 0. The number of carbonyl (C=O) groups is 1. The molecule has 0 radical (unpaired) electrons. The number of hydrogen-bond donors (Lipinski definition) is 0. The Morgan fingerprint density at radius 1 is 1.40 bits per heavy atom. The van der Waals surface area contributed by atoms with Crippen LogP contribution in [-0.2, 0) is 4.79 Å². The van der Waals surface area contributed by atoms with Gasteiger partial charge in [-0.05, 0) is 0 Å². The first-order valence-corrected chi connectivity index (χ1v) is 0.289. The average Bonchev–Trinajstić information content (AvgIpc) is 1.00. The SMILES string of the molecule is C=O.O.[H-].[H-].[K+].[Na+]. The molecule has 0 aromatic heterocycles. The smallest absolute Gasteiger partial charge is 1.00 e. The molecule has 0 spiro atoms. The van der Waals surface area contributed by atoms with Crippen molar-refractivity contribution in [2.75, 3.05) is 0 Å². The first-order valence-electron chi connectivity index (χ1n) is 0.289. The molecule has 0 saturated heterocycles. The van der Waals surface area contributed by atoms with Crippen molar-refractivity contribution in [3.05, 3.63) is 0 Å². The van der Waals surface area contributed by atoms with Crippen LogP contribution in [0.4, 0.5) is 0 Å². The van der Waals surface area contributed by atoms with Gasteiger partial charge in [0.15, 0.2) is 0 Å². The molecule has 0 unspecified atom stereocenters. The van der Waals surface area contributed by atoms with E-state index < -0.39 is 0 Å². The van der Waals surface area contributed by atoms with Gasteiger partial charge in [0.25, 0.3) is 0 Å². The average molecular weight is 112 g/mol. The third-order valence-corrected chi connectivity index (χ3v) is 0. The molecule has 4 heteroatoms. The molecule has 2 N–H and O–H groups in total. The van der Waals surface area contributed by atoms with E-state index in [9.17, 15) is 0 Å². The molecular formula is CH6KNaO2. The van der Waals surface area contributed by atoms with Crippen molar-refractivity contribution in [3.63, 3.8) is 0 Å². The maximum Gasteiger partial charge on any atom is 1.00 e. The quantitative estimate of drug-likeness (QED) is 0.287. The summed E-state index contributed by atoms with van der Waals surface area (Å²) in [4.78, 5) is 8.00. The van der Waals surface area contributed by atoms with Gasteiger partial charge in [0.05, 0.1) is 0 Å². The minimum Gasteiger partial charge on any atom is -1.00 e. The number of carbonyl (C=O) groups excluding carboxylic acids is 1. The molecule has 5 heavy (non-hydrogen) atoms. The van der Waals surface area contributed by atoms with E-state index in [0.717, 1.165) is 0 Å². The summed E-state index contributed by atoms with van der Waals surface area (Å²) in [5.74, 6) is 0. The van der Waals surface area contributed by atoms with Crippen LogP contribution in [0.3, 0.4) is 0 Å². The first-order chi connectivity index (χ1) is 1.00. The van der Waals surface area contributed by atoms with Gasteiger partial charge in [-0.25, -0.2) is 0 Å². The van der Waals surface area contributed by atoms with Gasteiger partial charge < -0.3 is 13.1 Å². The molecule has 0 rings (SSSR count). The van der Waals surface area contributed by atoms with E-state index in [-0.39, 0.29) is 89.3 Å². The van der Waals surface area contributed by atoms with Gasteiger partial charge in [0, 0.05) is 0 Å². The Bertz CT molecular complexity index is 15.7.